The Kier molecular flexibility index (Phi) is 29.5. The summed E-state index contributed by atoms with van der Waals surface area (Å²) in [5.41, 5.74) is 2.63. The molecule has 0 bridgehead atoms. The van der Waals surface area contributed by atoms with Crippen molar-refractivity contribution in [1.29, 1.82) is 0 Å². The fraction of sp³-hybridized carbons (Fsp3) is 0.840. The molecule has 1 unspecified atom stereocenters. The summed E-state index contributed by atoms with van der Waals surface area (Å²) in [4.78, 5) is 35.8. The van der Waals surface area contributed by atoms with Gasteiger partial charge in [-0.2, -0.15) is 0 Å². The number of unbranched alkanes of at least 4 members (excludes halogenated alkanes) is 14. The van der Waals surface area contributed by atoms with Crippen molar-refractivity contribution in [2.24, 2.45) is 11.8 Å². The molecular weight excluding hydrogens is 838 g/mol. The average molecular weight is 929 g/mol. The Morgan fingerprint density at radius 3 is 1.91 bits per heavy atom. The number of furan rings is 1. The molecule has 1 aliphatic rings. The van der Waals surface area contributed by atoms with Crippen LogP contribution in [0.5, 0.6) is 0 Å². The minimum atomic E-state index is -4.44. The first-order valence-corrected chi connectivity index (χ1v) is 26.5. The number of likely N-dealkylation sites (N-methyl/N-ethyl adjacent to an activating group) is 1. The highest BCUT2D eigenvalue weighted by Gasteiger charge is 2.39. The maximum Gasteiger partial charge on any atom is 0.472 e. The summed E-state index contributed by atoms with van der Waals surface area (Å²) in [5.74, 6) is 1.07. The molecule has 13 nitrogen and oxygen atoms in total. The van der Waals surface area contributed by atoms with Crippen molar-refractivity contribution in [3.8, 4) is 0 Å². The predicted octanol–water partition coefficient (Wildman–Crippen LogP) is 10.2. The third-order valence-corrected chi connectivity index (χ3v) is 13.6. The Morgan fingerprint density at radius 2 is 1.30 bits per heavy atom. The number of carbonyl (C=O) groups is 2. The zero-order chi connectivity index (χ0) is 47.4. The van der Waals surface area contributed by atoms with E-state index in [4.69, 9.17) is 22.9 Å². The number of rotatable bonds is 38. The molecule has 4 N–H and O–H groups in total. The van der Waals surface area contributed by atoms with E-state index >= 15 is 0 Å². The summed E-state index contributed by atoms with van der Waals surface area (Å²) in [6.07, 6.45) is 22.9. The van der Waals surface area contributed by atoms with Crippen molar-refractivity contribution < 1.29 is 61.8 Å². The summed E-state index contributed by atoms with van der Waals surface area (Å²) in [7, 11) is 1.34. The SMILES string of the molecule is CCCCCc1oc(CCCCCCCCCCC(=O)O[C@H](COC(=O)CCCCCC[C@@H]2[C@@H](/C=C/[C@@H](O)CCCCC)[C@H](O)C[C@@H]2O)COP(=O)(O)OCC[N+](C)(C)C)c(C)c1C. The second kappa shape index (κ2) is 32.6. The third kappa shape index (κ3) is 25.7. The molecule has 1 fully saturated rings. The molecule has 14 heteroatoms. The number of quaternary nitrogens is 1. The van der Waals surface area contributed by atoms with Gasteiger partial charge >= 0.3 is 19.8 Å². The number of aliphatic hydroxyl groups excluding tert-OH is 3. The number of phosphoric acid groups is 1. The molecule has 1 aliphatic carbocycles. The zero-order valence-corrected chi connectivity index (χ0v) is 42.0. The lowest BCUT2D eigenvalue weighted by Gasteiger charge is -2.24. The Hall–Kier alpha value is -2.09. The Bertz CT molecular complexity index is 1490. The van der Waals surface area contributed by atoms with Gasteiger partial charge < -0.3 is 38.6 Å². The van der Waals surface area contributed by atoms with Crippen LogP contribution in [0.1, 0.15) is 184 Å². The minimum Gasteiger partial charge on any atom is -0.466 e. The average Bonchev–Trinajstić information content (AvgIpc) is 3.66. The van der Waals surface area contributed by atoms with E-state index in [0.717, 1.165) is 108 Å². The normalized spacial score (nSPS) is 19.9. The Labute approximate surface area is 387 Å². The summed E-state index contributed by atoms with van der Waals surface area (Å²) >= 11 is 0. The lowest BCUT2D eigenvalue weighted by atomic mass is 9.88. The summed E-state index contributed by atoms with van der Waals surface area (Å²) in [6.45, 7) is 8.39. The van der Waals surface area contributed by atoms with Crippen LogP contribution in [0.4, 0.5) is 0 Å². The first-order valence-electron chi connectivity index (χ1n) is 25.0. The van der Waals surface area contributed by atoms with E-state index in [2.05, 4.69) is 27.7 Å². The number of aryl methyl sites for hydroxylation is 2. The van der Waals surface area contributed by atoms with E-state index in [0.29, 0.717) is 36.7 Å². The zero-order valence-electron chi connectivity index (χ0n) is 41.1. The van der Waals surface area contributed by atoms with Gasteiger partial charge in [0, 0.05) is 38.0 Å². The molecule has 1 saturated carbocycles. The van der Waals surface area contributed by atoms with E-state index in [1.165, 1.54) is 36.8 Å². The van der Waals surface area contributed by atoms with Crippen LogP contribution in [0.25, 0.3) is 0 Å². The molecule has 372 valence electrons. The first kappa shape index (κ1) is 58.0. The molecule has 0 amide bonds. The fourth-order valence-electron chi connectivity index (χ4n) is 8.35. The van der Waals surface area contributed by atoms with Gasteiger partial charge in [0.2, 0.25) is 0 Å². The number of esters is 2. The lowest BCUT2D eigenvalue weighted by molar-refractivity contribution is -0.870. The summed E-state index contributed by atoms with van der Waals surface area (Å²) in [5, 5.41) is 31.5. The number of phosphoric ester groups is 1. The largest absolute Gasteiger partial charge is 0.472 e. The van der Waals surface area contributed by atoms with Crippen LogP contribution in [-0.2, 0) is 45.5 Å². The molecule has 0 radical (unpaired) electrons. The molecule has 1 aromatic heterocycles. The monoisotopic (exact) mass is 929 g/mol. The maximum atomic E-state index is 12.8. The van der Waals surface area contributed by atoms with Crippen LogP contribution in [0, 0.1) is 25.7 Å². The highest BCUT2D eigenvalue weighted by atomic mass is 31.2. The van der Waals surface area contributed by atoms with Crippen molar-refractivity contribution in [3.05, 3.63) is 34.8 Å². The van der Waals surface area contributed by atoms with Crippen LogP contribution in [0.15, 0.2) is 16.6 Å². The standard InChI is InChI=1S/C50H90NO12P/c1-8-10-20-26-41(52)32-33-44-43(45(53)36-46(44)54)27-22-18-19-24-30-49(55)59-37-42(38-61-64(57,58)60-35-34-51(5,6)7)62-50(56)31-25-17-15-13-12-14-16-23-29-48-40(4)39(3)47(63-48)28-21-11-9-2/h32-33,41-46,52-54H,8-31,34-38H2,1-7H3/p+1/b33-32+/t41-,42+,43+,44+,45-,46+/m0/s1. The van der Waals surface area contributed by atoms with Crippen LogP contribution in [0.3, 0.4) is 0 Å². The van der Waals surface area contributed by atoms with Crippen LogP contribution >= 0.6 is 7.82 Å². The molecule has 0 aliphatic heterocycles. The molecule has 1 heterocycles. The van der Waals surface area contributed by atoms with Crippen molar-refractivity contribution >= 4 is 19.8 Å². The third-order valence-electron chi connectivity index (χ3n) is 12.6. The van der Waals surface area contributed by atoms with E-state index < -0.39 is 50.8 Å². The van der Waals surface area contributed by atoms with Gasteiger partial charge in [-0.05, 0) is 69.4 Å². The Balaban J connectivity index is 1.72. The van der Waals surface area contributed by atoms with Crippen molar-refractivity contribution in [2.45, 2.75) is 213 Å². The quantitative estimate of drug-likeness (QED) is 0.0162. The fourth-order valence-corrected chi connectivity index (χ4v) is 9.09. The van der Waals surface area contributed by atoms with Gasteiger partial charge in [0.1, 0.15) is 31.3 Å². The minimum absolute atomic E-state index is 0.00868. The van der Waals surface area contributed by atoms with E-state index in [9.17, 15) is 34.4 Å². The smallest absolute Gasteiger partial charge is 0.466 e. The number of hydrogen-bond donors (Lipinski definition) is 4. The second-order valence-corrected chi connectivity index (χ2v) is 20.9. The van der Waals surface area contributed by atoms with Gasteiger partial charge in [-0.1, -0.05) is 116 Å². The van der Waals surface area contributed by atoms with E-state index in [1.807, 2.05) is 27.2 Å². The topological polar surface area (TPSA) is 182 Å². The lowest BCUT2D eigenvalue weighted by Crippen LogP contribution is -2.37. The number of aliphatic hydroxyl groups is 3. The van der Waals surface area contributed by atoms with Gasteiger partial charge in [0.25, 0.3) is 0 Å². The number of nitrogens with zero attached hydrogens (tertiary/aromatic N) is 1. The maximum absolute atomic E-state index is 12.8. The highest BCUT2D eigenvalue weighted by molar-refractivity contribution is 7.47. The molecule has 1 aromatic rings. The number of ether oxygens (including phenoxy) is 2. The van der Waals surface area contributed by atoms with E-state index in [-0.39, 0.29) is 37.9 Å². The predicted molar refractivity (Wildman–Crippen MR) is 253 cm³/mol. The molecule has 7 atom stereocenters. The number of hydrogen-bond acceptors (Lipinski definition) is 11. The van der Waals surface area contributed by atoms with E-state index in [1.54, 1.807) is 6.08 Å². The highest BCUT2D eigenvalue weighted by Crippen LogP contribution is 2.43. The van der Waals surface area contributed by atoms with Crippen LogP contribution in [0.2, 0.25) is 0 Å². The molecule has 2 rings (SSSR count). The first-order chi connectivity index (χ1) is 30.5. The van der Waals surface area contributed by atoms with Gasteiger partial charge in [-0.3, -0.25) is 18.6 Å². The van der Waals surface area contributed by atoms with Crippen molar-refractivity contribution in [3.63, 3.8) is 0 Å². The van der Waals surface area contributed by atoms with Gasteiger partial charge in [-0.25, -0.2) is 4.57 Å². The Morgan fingerprint density at radius 1 is 0.750 bits per heavy atom. The van der Waals surface area contributed by atoms with Crippen molar-refractivity contribution in [1.82, 2.24) is 0 Å². The van der Waals surface area contributed by atoms with Gasteiger partial charge in [0.05, 0.1) is 46.1 Å². The van der Waals surface area contributed by atoms with Crippen LogP contribution in [-0.4, -0.2) is 109 Å². The molecule has 0 aromatic carbocycles. The molecule has 0 spiro atoms. The molecule has 0 saturated heterocycles. The summed E-state index contributed by atoms with van der Waals surface area (Å²) < 4.78 is 40.7. The molecular formula is C50H91NO12P+. The van der Waals surface area contributed by atoms with Gasteiger partial charge in [0.15, 0.2) is 6.10 Å². The van der Waals surface area contributed by atoms with Crippen LogP contribution < -0.4 is 0 Å². The molecule has 64 heavy (non-hydrogen) atoms. The summed E-state index contributed by atoms with van der Waals surface area (Å²) in [6, 6.07) is 0. The van der Waals surface area contributed by atoms with Gasteiger partial charge in [-0.15, -0.1) is 0 Å². The second-order valence-electron chi connectivity index (χ2n) is 19.4. The van der Waals surface area contributed by atoms with Crippen molar-refractivity contribution in [2.75, 3.05) is 47.5 Å². The number of carbonyl (C=O) groups excluding carboxylic acids is 2.